The first-order chi connectivity index (χ1) is 25.0. The van der Waals surface area contributed by atoms with E-state index >= 15 is 0 Å². The summed E-state index contributed by atoms with van der Waals surface area (Å²) < 4.78 is 1.32. The molecule has 0 bridgehead atoms. The molecule has 3 heteroatoms. The Kier molecular flexibility index (Phi) is 14.4. The maximum atomic E-state index is 4.47. The molecule has 6 rings (SSSR count). The van der Waals surface area contributed by atoms with Gasteiger partial charge in [-0.25, -0.2) is 0 Å². The Labute approximate surface area is 311 Å². The van der Waals surface area contributed by atoms with Gasteiger partial charge in [-0.1, -0.05) is 138 Å². The normalized spacial score (nSPS) is 17.8. The number of hydrogen-bond donors (Lipinski definition) is 0. The highest BCUT2D eigenvalue weighted by molar-refractivity contribution is 7.20. The lowest BCUT2D eigenvalue weighted by molar-refractivity contribution is 0.878. The number of allylic oxidation sites excluding steroid dienone is 14. The van der Waals surface area contributed by atoms with Crippen molar-refractivity contribution in [1.82, 2.24) is 0 Å². The highest BCUT2D eigenvalue weighted by Gasteiger charge is 2.24. The van der Waals surface area contributed by atoms with Crippen LogP contribution < -0.4 is 9.80 Å². The first kappa shape index (κ1) is 38.4. The number of rotatable bonds is 9. The van der Waals surface area contributed by atoms with E-state index in [1.54, 1.807) is 0 Å². The van der Waals surface area contributed by atoms with Crippen LogP contribution >= 0.6 is 11.3 Å². The van der Waals surface area contributed by atoms with E-state index in [1.807, 2.05) is 64.2 Å². The van der Waals surface area contributed by atoms with E-state index in [2.05, 4.69) is 164 Å². The van der Waals surface area contributed by atoms with Crippen LogP contribution in [0.3, 0.4) is 0 Å². The zero-order valence-corrected chi connectivity index (χ0v) is 32.0. The number of fused-ring (bicyclic) bond motifs is 1. The van der Waals surface area contributed by atoms with Gasteiger partial charge in [-0.05, 0) is 103 Å². The van der Waals surface area contributed by atoms with Crippen LogP contribution in [-0.4, -0.2) is 0 Å². The SMILES string of the molecule is C=C/C=C(/C1=CC=C(N(C2=C/N(c3ccccc3)/C(C=C)=C(/C=C\C)C(=C)/C=C\2)c2ccccc2)CC1)c1sc2ccccc2c1C.CC.CC. The Bertz CT molecular complexity index is 2040. The highest BCUT2D eigenvalue weighted by Crippen LogP contribution is 2.42. The molecular weight excluding hydrogens is 637 g/mol. The lowest BCUT2D eigenvalue weighted by Gasteiger charge is -2.34. The smallest absolute Gasteiger partial charge is 0.0624 e. The summed E-state index contributed by atoms with van der Waals surface area (Å²) in [5, 5.41) is 1.32. The Morgan fingerprint density at radius 2 is 1.49 bits per heavy atom. The summed E-state index contributed by atoms with van der Waals surface area (Å²) in [5.41, 5.74) is 11.3. The van der Waals surface area contributed by atoms with E-state index in [9.17, 15) is 0 Å². The Hall–Kier alpha value is -5.38. The molecule has 1 aliphatic heterocycles. The maximum absolute atomic E-state index is 4.47. The molecule has 0 saturated heterocycles. The van der Waals surface area contributed by atoms with Crippen molar-refractivity contribution in [1.29, 1.82) is 0 Å². The maximum Gasteiger partial charge on any atom is 0.0624 e. The number of thiophene rings is 1. The molecule has 3 aromatic carbocycles. The van der Waals surface area contributed by atoms with Crippen LogP contribution in [-0.2, 0) is 0 Å². The van der Waals surface area contributed by atoms with Gasteiger partial charge in [0.2, 0.25) is 0 Å². The molecule has 51 heavy (non-hydrogen) atoms. The fourth-order valence-electron chi connectivity index (χ4n) is 6.29. The fraction of sp³-hybridized carbons (Fsp3) is 0.167. The van der Waals surface area contributed by atoms with Crippen LogP contribution in [0.4, 0.5) is 11.4 Å². The van der Waals surface area contributed by atoms with Crippen LogP contribution in [0.15, 0.2) is 199 Å². The Morgan fingerprint density at radius 3 is 2.10 bits per heavy atom. The van der Waals surface area contributed by atoms with E-state index < -0.39 is 0 Å². The zero-order chi connectivity index (χ0) is 36.8. The summed E-state index contributed by atoms with van der Waals surface area (Å²) in [6.07, 6.45) is 23.1. The number of hydrogen-bond acceptors (Lipinski definition) is 3. The predicted molar refractivity (Wildman–Crippen MR) is 229 cm³/mol. The van der Waals surface area contributed by atoms with Crippen LogP contribution in [0, 0.1) is 6.92 Å². The molecule has 4 aromatic rings. The predicted octanol–water partition coefficient (Wildman–Crippen LogP) is 14.4. The summed E-state index contributed by atoms with van der Waals surface area (Å²) in [5.74, 6) is 0. The van der Waals surface area contributed by atoms with Gasteiger partial charge in [-0.15, -0.1) is 11.3 Å². The second-order valence-electron chi connectivity index (χ2n) is 11.5. The number of nitrogens with zero attached hydrogens (tertiary/aromatic N) is 2. The van der Waals surface area contributed by atoms with Crippen molar-refractivity contribution in [2.75, 3.05) is 9.80 Å². The zero-order valence-electron chi connectivity index (χ0n) is 31.2. The molecule has 2 aliphatic rings. The first-order valence-electron chi connectivity index (χ1n) is 18.0. The van der Waals surface area contributed by atoms with Crippen molar-refractivity contribution >= 4 is 38.4 Å². The molecule has 1 aliphatic carbocycles. The molecule has 0 unspecified atom stereocenters. The third-order valence-electron chi connectivity index (χ3n) is 8.57. The van der Waals surface area contributed by atoms with E-state index in [-0.39, 0.29) is 0 Å². The molecular formula is C48H52N2S. The minimum absolute atomic E-state index is 0.880. The van der Waals surface area contributed by atoms with Gasteiger partial charge in [0.05, 0.1) is 11.4 Å². The van der Waals surface area contributed by atoms with Crippen molar-refractivity contribution in [3.8, 4) is 0 Å². The van der Waals surface area contributed by atoms with Gasteiger partial charge in [0.1, 0.15) is 0 Å². The van der Waals surface area contributed by atoms with Gasteiger partial charge in [-0.2, -0.15) is 0 Å². The summed E-state index contributed by atoms with van der Waals surface area (Å²) in [4.78, 5) is 5.91. The highest BCUT2D eigenvalue weighted by atomic mass is 32.1. The minimum atomic E-state index is 0.880. The van der Waals surface area contributed by atoms with Crippen LogP contribution in [0.1, 0.15) is 57.9 Å². The van der Waals surface area contributed by atoms with E-state index in [1.165, 1.54) is 37.4 Å². The standard InChI is InChI=1S/C44H40N2S.2C2H6/c1-6-17-39-32(4)25-28-38(31-45(42(39)8-3)35-19-11-9-12-20-35)46(36-21-13-10-14-22-36)37-29-26-34(27-30-37)41(18-7-2)44-33(5)40-23-15-16-24-43(40)47-44;2*1-2/h6-26,28-29,31H,2-4,27,30H2,1,5H3;2*1-2H3/b17-6-,28-25-,38-31+,41-18-,42-39-;;. The van der Waals surface area contributed by atoms with E-state index in [0.717, 1.165) is 46.8 Å². The summed E-state index contributed by atoms with van der Waals surface area (Å²) in [7, 11) is 0. The number of para-hydroxylation sites is 2. The van der Waals surface area contributed by atoms with Crippen molar-refractivity contribution in [3.63, 3.8) is 0 Å². The van der Waals surface area contributed by atoms with Crippen molar-refractivity contribution in [2.45, 2.75) is 54.4 Å². The number of benzene rings is 3. The second-order valence-corrected chi connectivity index (χ2v) is 12.6. The largest absolute Gasteiger partial charge is 0.314 e. The molecule has 0 atom stereocenters. The van der Waals surface area contributed by atoms with Gasteiger partial charge < -0.3 is 9.80 Å². The molecule has 0 saturated carbocycles. The van der Waals surface area contributed by atoms with Crippen LogP contribution in [0.2, 0.25) is 0 Å². The third kappa shape index (κ3) is 8.68. The van der Waals surface area contributed by atoms with E-state index in [0.29, 0.717) is 0 Å². The molecule has 2 heterocycles. The molecule has 0 amide bonds. The van der Waals surface area contributed by atoms with Gasteiger partial charge in [0.15, 0.2) is 0 Å². The summed E-state index contributed by atoms with van der Waals surface area (Å²) in [6, 6.07) is 29.7. The molecule has 2 nitrogen and oxygen atoms in total. The Balaban J connectivity index is 0.00000141. The molecule has 0 fully saturated rings. The fourth-order valence-corrected chi connectivity index (χ4v) is 7.56. The van der Waals surface area contributed by atoms with Crippen molar-refractivity contribution in [3.05, 3.63) is 210 Å². The van der Waals surface area contributed by atoms with Crippen molar-refractivity contribution < 1.29 is 0 Å². The molecule has 0 radical (unpaired) electrons. The van der Waals surface area contributed by atoms with Crippen molar-refractivity contribution in [2.24, 2.45) is 0 Å². The van der Waals surface area contributed by atoms with Crippen LogP contribution in [0.25, 0.3) is 15.7 Å². The third-order valence-corrected chi connectivity index (χ3v) is 9.87. The quantitative estimate of drug-likeness (QED) is 0.162. The topological polar surface area (TPSA) is 6.48 Å². The van der Waals surface area contributed by atoms with Gasteiger partial charge in [0.25, 0.3) is 0 Å². The number of anilines is 2. The first-order valence-corrected chi connectivity index (χ1v) is 18.8. The molecule has 0 N–H and O–H groups in total. The molecule has 1 aromatic heterocycles. The monoisotopic (exact) mass is 688 g/mol. The summed E-state index contributed by atoms with van der Waals surface area (Å²) in [6.45, 7) is 25.0. The van der Waals surface area contributed by atoms with Gasteiger partial charge in [-0.3, -0.25) is 0 Å². The molecule has 0 spiro atoms. The molecule has 260 valence electrons. The van der Waals surface area contributed by atoms with Gasteiger partial charge in [0, 0.05) is 38.4 Å². The lowest BCUT2D eigenvalue weighted by Crippen LogP contribution is -2.26. The lowest BCUT2D eigenvalue weighted by atomic mass is 9.92. The minimum Gasteiger partial charge on any atom is -0.314 e. The average molecular weight is 689 g/mol. The van der Waals surface area contributed by atoms with Gasteiger partial charge >= 0.3 is 0 Å². The second kappa shape index (κ2) is 19.1. The summed E-state index contributed by atoms with van der Waals surface area (Å²) >= 11 is 1.86. The Morgan fingerprint density at radius 1 is 0.824 bits per heavy atom. The number of aryl methyl sites for hydroxylation is 1. The average Bonchev–Trinajstić information content (AvgIpc) is 3.52. The van der Waals surface area contributed by atoms with Crippen LogP contribution in [0.5, 0.6) is 0 Å². The van der Waals surface area contributed by atoms with E-state index in [4.69, 9.17) is 0 Å².